The van der Waals surface area contributed by atoms with Crippen molar-refractivity contribution in [3.05, 3.63) is 16.7 Å². The van der Waals surface area contributed by atoms with Crippen LogP contribution >= 0.6 is 11.3 Å². The first kappa shape index (κ1) is 17.5. The summed E-state index contributed by atoms with van der Waals surface area (Å²) in [4.78, 5) is 36.1. The van der Waals surface area contributed by atoms with Crippen LogP contribution in [0.3, 0.4) is 0 Å². The Morgan fingerprint density at radius 1 is 1.31 bits per heavy atom. The molecule has 3 heterocycles. The van der Waals surface area contributed by atoms with Gasteiger partial charge in [-0.15, -0.1) is 0 Å². The molecule has 2 aromatic heterocycles. The second-order valence-corrected chi connectivity index (χ2v) is 8.55. The predicted molar refractivity (Wildman–Crippen MR) is 103 cm³/mol. The topological polar surface area (TPSA) is 80.1 Å². The molecule has 140 valence electrons. The van der Waals surface area contributed by atoms with Crippen LogP contribution < -0.4 is 15.8 Å². The maximum absolute atomic E-state index is 12.8. The Balaban J connectivity index is 1.52. The van der Waals surface area contributed by atoms with Gasteiger partial charge in [-0.3, -0.25) is 14.2 Å². The number of hydrogen-bond donors (Lipinski definition) is 1. The molecule has 1 unspecified atom stereocenters. The van der Waals surface area contributed by atoms with Crippen LogP contribution in [-0.4, -0.2) is 39.6 Å². The minimum absolute atomic E-state index is 0.0201. The molecule has 26 heavy (non-hydrogen) atoms. The molecule has 1 N–H and O–H groups in total. The fourth-order valence-corrected chi connectivity index (χ4v) is 4.95. The first-order valence-corrected chi connectivity index (χ1v) is 10.3. The predicted octanol–water partition coefficient (Wildman–Crippen LogP) is 2.15. The van der Waals surface area contributed by atoms with Gasteiger partial charge in [0.2, 0.25) is 5.91 Å². The molecule has 1 amide bonds. The number of anilines is 1. The molecule has 1 aliphatic heterocycles. The van der Waals surface area contributed by atoms with Gasteiger partial charge in [-0.05, 0) is 31.6 Å². The smallest absolute Gasteiger partial charge is 0.273 e. The van der Waals surface area contributed by atoms with E-state index >= 15 is 0 Å². The van der Waals surface area contributed by atoms with Gasteiger partial charge in [-0.2, -0.15) is 4.98 Å². The first-order valence-electron chi connectivity index (χ1n) is 9.50. The van der Waals surface area contributed by atoms with Crippen molar-refractivity contribution >= 4 is 32.7 Å². The minimum atomic E-state index is -0.176. The van der Waals surface area contributed by atoms with Crippen LogP contribution in [0.15, 0.2) is 11.1 Å². The number of fused-ring (bicyclic) bond motifs is 1. The fourth-order valence-electron chi connectivity index (χ4n) is 3.94. The highest BCUT2D eigenvalue weighted by molar-refractivity contribution is 7.22. The summed E-state index contributed by atoms with van der Waals surface area (Å²) in [5.41, 5.74) is 0.311. The van der Waals surface area contributed by atoms with Crippen LogP contribution in [0, 0.1) is 5.92 Å². The van der Waals surface area contributed by atoms with Crippen LogP contribution in [0.2, 0.25) is 0 Å². The molecule has 2 aliphatic rings. The monoisotopic (exact) mass is 375 g/mol. The van der Waals surface area contributed by atoms with Crippen LogP contribution in [-0.2, 0) is 11.3 Å². The zero-order chi connectivity index (χ0) is 18.1. The zero-order valence-corrected chi connectivity index (χ0v) is 15.9. The number of nitrogens with zero attached hydrogens (tertiary/aromatic N) is 4. The maximum atomic E-state index is 12.8. The molecule has 7 nitrogen and oxygen atoms in total. The third-order valence-corrected chi connectivity index (χ3v) is 6.43. The molecule has 8 heteroatoms. The van der Waals surface area contributed by atoms with Crippen molar-refractivity contribution < 1.29 is 4.79 Å². The number of carbonyl (C=O) groups excluding carboxylic acids is 1. The first-order chi connectivity index (χ1) is 12.6. The highest BCUT2D eigenvalue weighted by Crippen LogP contribution is 2.29. The highest BCUT2D eigenvalue weighted by Gasteiger charge is 2.22. The van der Waals surface area contributed by atoms with Gasteiger partial charge in [0.05, 0.1) is 0 Å². The Morgan fingerprint density at radius 2 is 2.12 bits per heavy atom. The van der Waals surface area contributed by atoms with Crippen molar-refractivity contribution in [1.82, 2.24) is 19.9 Å². The Morgan fingerprint density at radius 3 is 2.88 bits per heavy atom. The van der Waals surface area contributed by atoms with E-state index in [9.17, 15) is 9.59 Å². The van der Waals surface area contributed by atoms with Crippen molar-refractivity contribution in [3.8, 4) is 0 Å². The van der Waals surface area contributed by atoms with Crippen LogP contribution in [0.25, 0.3) is 10.3 Å². The van der Waals surface area contributed by atoms with E-state index in [-0.39, 0.29) is 24.1 Å². The van der Waals surface area contributed by atoms with E-state index in [1.54, 1.807) is 0 Å². The molecule has 1 aliphatic carbocycles. The zero-order valence-electron chi connectivity index (χ0n) is 15.1. The molecular weight excluding hydrogens is 350 g/mol. The summed E-state index contributed by atoms with van der Waals surface area (Å²) in [5.74, 6) is 0.523. The Kier molecular flexibility index (Phi) is 4.93. The van der Waals surface area contributed by atoms with Gasteiger partial charge in [0.15, 0.2) is 10.8 Å². The van der Waals surface area contributed by atoms with E-state index in [1.807, 2.05) is 0 Å². The molecule has 0 radical (unpaired) electrons. The summed E-state index contributed by atoms with van der Waals surface area (Å²) in [6, 6.07) is 0.256. The third kappa shape index (κ3) is 3.60. The van der Waals surface area contributed by atoms with E-state index in [0.717, 1.165) is 50.3 Å². The van der Waals surface area contributed by atoms with E-state index < -0.39 is 0 Å². The number of rotatable bonds is 4. The van der Waals surface area contributed by atoms with Crippen molar-refractivity contribution in [2.75, 3.05) is 18.0 Å². The third-order valence-electron chi connectivity index (χ3n) is 5.33. The number of hydrogen-bond acceptors (Lipinski definition) is 6. The largest absolute Gasteiger partial charge is 0.352 e. The molecule has 4 rings (SSSR count). The summed E-state index contributed by atoms with van der Waals surface area (Å²) in [7, 11) is 0. The number of amides is 1. The molecule has 1 atom stereocenters. The Bertz CT molecular complexity index is 855. The second-order valence-electron chi connectivity index (χ2n) is 7.57. The summed E-state index contributed by atoms with van der Waals surface area (Å²) < 4.78 is 1.93. The number of thiazole rings is 1. The average Bonchev–Trinajstić information content (AvgIpc) is 3.27. The van der Waals surface area contributed by atoms with Crippen LogP contribution in [0.5, 0.6) is 0 Å². The number of nitrogens with one attached hydrogen (secondary N) is 1. The van der Waals surface area contributed by atoms with Crippen molar-refractivity contribution in [1.29, 1.82) is 0 Å². The quantitative estimate of drug-likeness (QED) is 0.886. The summed E-state index contributed by atoms with van der Waals surface area (Å²) in [5, 5.41) is 3.88. The number of aromatic nitrogens is 3. The van der Waals surface area contributed by atoms with Gasteiger partial charge in [0, 0.05) is 19.1 Å². The molecular formula is C18H25N5O2S. The van der Waals surface area contributed by atoms with Crippen molar-refractivity contribution in [2.45, 2.75) is 58.0 Å². The normalized spacial score (nSPS) is 21.4. The van der Waals surface area contributed by atoms with Crippen LogP contribution in [0.1, 0.15) is 45.4 Å². The lowest BCUT2D eigenvalue weighted by Crippen LogP contribution is -2.37. The van der Waals surface area contributed by atoms with Gasteiger partial charge in [-0.1, -0.05) is 31.1 Å². The molecule has 2 fully saturated rings. The molecule has 1 saturated carbocycles. The van der Waals surface area contributed by atoms with Gasteiger partial charge < -0.3 is 10.2 Å². The fraction of sp³-hybridized carbons (Fsp3) is 0.667. The summed E-state index contributed by atoms with van der Waals surface area (Å²) in [6.45, 7) is 4.21. The molecule has 0 spiro atoms. The van der Waals surface area contributed by atoms with Crippen LogP contribution in [0.4, 0.5) is 5.13 Å². The van der Waals surface area contributed by atoms with Gasteiger partial charge in [-0.25, -0.2) is 4.98 Å². The molecule has 0 bridgehead atoms. The lowest BCUT2D eigenvalue weighted by Gasteiger charge is -2.30. The number of piperidine rings is 1. The Labute approximate surface area is 156 Å². The van der Waals surface area contributed by atoms with E-state index in [2.05, 4.69) is 27.1 Å². The van der Waals surface area contributed by atoms with E-state index in [4.69, 9.17) is 0 Å². The second kappa shape index (κ2) is 7.34. The standard InChI is InChI=1S/C18H25N5O2S/c1-12-5-4-8-22(9-12)18-21-16-15(26-18)17(25)23(11-19-16)10-14(24)20-13-6-2-3-7-13/h11-13H,2-10H2,1H3,(H,20,24). The SMILES string of the molecule is CC1CCCN(c2nc3ncn(CC(=O)NC4CCCC4)c(=O)c3s2)C1. The minimum Gasteiger partial charge on any atom is -0.352 e. The van der Waals surface area contributed by atoms with E-state index in [1.165, 1.54) is 28.7 Å². The average molecular weight is 375 g/mol. The summed E-state index contributed by atoms with van der Waals surface area (Å²) in [6.07, 6.45) is 8.23. The number of carbonyl (C=O) groups is 1. The lowest BCUT2D eigenvalue weighted by molar-refractivity contribution is -0.122. The van der Waals surface area contributed by atoms with Gasteiger partial charge in [0.25, 0.3) is 5.56 Å². The molecule has 2 aromatic rings. The van der Waals surface area contributed by atoms with Crippen molar-refractivity contribution in [2.24, 2.45) is 5.92 Å². The van der Waals surface area contributed by atoms with Gasteiger partial charge >= 0.3 is 0 Å². The highest BCUT2D eigenvalue weighted by atomic mass is 32.1. The maximum Gasteiger partial charge on any atom is 0.273 e. The summed E-state index contributed by atoms with van der Waals surface area (Å²) >= 11 is 1.39. The molecule has 1 saturated heterocycles. The Hall–Kier alpha value is -1.96. The van der Waals surface area contributed by atoms with E-state index in [0.29, 0.717) is 16.3 Å². The molecule has 0 aromatic carbocycles. The van der Waals surface area contributed by atoms with Gasteiger partial charge in [0.1, 0.15) is 17.6 Å². The van der Waals surface area contributed by atoms with Crippen molar-refractivity contribution in [3.63, 3.8) is 0 Å². The lowest BCUT2D eigenvalue weighted by atomic mass is 10.0.